The van der Waals surface area contributed by atoms with E-state index in [-0.39, 0.29) is 0 Å². The summed E-state index contributed by atoms with van der Waals surface area (Å²) in [4.78, 5) is 0. The van der Waals surface area contributed by atoms with Gasteiger partial charge in [0.1, 0.15) is 0 Å². The van der Waals surface area contributed by atoms with Gasteiger partial charge in [-0.25, -0.2) is 0 Å². The first-order chi connectivity index (χ1) is 11.4. The van der Waals surface area contributed by atoms with E-state index in [0.29, 0.717) is 0 Å². The highest BCUT2D eigenvalue weighted by Crippen LogP contribution is 2.21. The molecule has 0 unspecified atom stereocenters. The predicted octanol–water partition coefficient (Wildman–Crippen LogP) is 4.56. The summed E-state index contributed by atoms with van der Waals surface area (Å²) < 4.78 is 13.4. The molecule has 0 heterocycles. The molecule has 0 aliphatic carbocycles. The number of aryl methyl sites for hydroxylation is 2. The summed E-state index contributed by atoms with van der Waals surface area (Å²) in [5.74, 6) is 0. The van der Waals surface area contributed by atoms with Crippen molar-refractivity contribution in [1.29, 1.82) is 0 Å². The minimum atomic E-state index is -2.24. The van der Waals surface area contributed by atoms with Gasteiger partial charge in [0.2, 0.25) is 16.6 Å². The average Bonchev–Trinajstić information content (AvgIpc) is 2.45. The molecule has 0 amide bonds. The molecule has 0 aliphatic rings. The fourth-order valence-corrected chi connectivity index (χ4v) is 16.5. The van der Waals surface area contributed by atoms with Crippen LogP contribution in [0.4, 0.5) is 0 Å². The molecule has 0 saturated carbocycles. The monoisotopic (exact) mass is 388 g/mol. The maximum atomic E-state index is 6.72. The first kappa shape index (κ1) is 20.3. The lowest BCUT2D eigenvalue weighted by molar-refractivity contribution is 0.401. The second-order valence-corrected chi connectivity index (χ2v) is 20.0. The van der Waals surface area contributed by atoms with Crippen molar-refractivity contribution in [3.63, 3.8) is 0 Å². The standard InChI is InChI=1S/C20H32O2Si3/c1-17-9-13-19(14-10-17)23(3,4)21-25(7,8)22-24(5,6)20-15-11-18(2)12-16-20/h9-16H,1-8H3. The second-order valence-electron chi connectivity index (χ2n) is 8.36. The number of rotatable bonds is 6. The molecule has 2 aromatic carbocycles. The Morgan fingerprint density at radius 3 is 1.08 bits per heavy atom. The van der Waals surface area contributed by atoms with Gasteiger partial charge in [-0.05, 0) is 63.5 Å². The van der Waals surface area contributed by atoms with Crippen LogP contribution in [0.5, 0.6) is 0 Å². The summed E-state index contributed by atoms with van der Waals surface area (Å²) in [5.41, 5.74) is 2.57. The normalized spacial score (nSPS) is 13.1. The molecule has 5 heteroatoms. The van der Waals surface area contributed by atoms with Crippen molar-refractivity contribution in [2.75, 3.05) is 0 Å². The van der Waals surface area contributed by atoms with Crippen LogP contribution in [0.15, 0.2) is 48.5 Å². The Morgan fingerprint density at radius 2 is 0.800 bits per heavy atom. The molecule has 2 nitrogen and oxygen atoms in total. The van der Waals surface area contributed by atoms with Gasteiger partial charge >= 0.3 is 8.56 Å². The van der Waals surface area contributed by atoms with Gasteiger partial charge in [-0.2, -0.15) is 0 Å². The molecule has 0 fully saturated rings. The van der Waals surface area contributed by atoms with Crippen molar-refractivity contribution in [1.82, 2.24) is 0 Å². The molecule has 0 spiro atoms. The van der Waals surface area contributed by atoms with Crippen LogP contribution < -0.4 is 10.4 Å². The maximum Gasteiger partial charge on any atom is 0.311 e. The highest BCUT2D eigenvalue weighted by molar-refractivity contribution is 6.95. The van der Waals surface area contributed by atoms with Crippen LogP contribution >= 0.6 is 0 Å². The molecule has 136 valence electrons. The molecule has 2 rings (SSSR count). The quantitative estimate of drug-likeness (QED) is 0.675. The molecule has 0 radical (unpaired) electrons. The highest BCUT2D eigenvalue weighted by Gasteiger charge is 2.41. The van der Waals surface area contributed by atoms with Crippen LogP contribution in [-0.4, -0.2) is 25.2 Å². The molecular weight excluding hydrogens is 356 g/mol. The molecule has 0 aliphatic heterocycles. The van der Waals surface area contributed by atoms with Crippen LogP contribution in [0.25, 0.3) is 0 Å². The van der Waals surface area contributed by atoms with Crippen LogP contribution in [0.3, 0.4) is 0 Å². The predicted molar refractivity (Wildman–Crippen MR) is 116 cm³/mol. The van der Waals surface area contributed by atoms with E-state index in [1.807, 2.05) is 0 Å². The molecule has 2 aromatic rings. The van der Waals surface area contributed by atoms with Gasteiger partial charge < -0.3 is 8.23 Å². The van der Waals surface area contributed by atoms with Crippen molar-refractivity contribution in [2.24, 2.45) is 0 Å². The van der Waals surface area contributed by atoms with E-state index in [4.69, 9.17) is 8.23 Å². The topological polar surface area (TPSA) is 18.5 Å². The summed E-state index contributed by atoms with van der Waals surface area (Å²) in [6, 6.07) is 17.6. The second kappa shape index (κ2) is 7.33. The number of hydrogen-bond acceptors (Lipinski definition) is 2. The van der Waals surface area contributed by atoms with E-state index < -0.39 is 25.2 Å². The minimum absolute atomic E-state index is 1.29. The third-order valence-electron chi connectivity index (χ3n) is 4.50. The minimum Gasteiger partial charge on any atom is -0.433 e. The van der Waals surface area contributed by atoms with Gasteiger partial charge in [0.15, 0.2) is 0 Å². The fraction of sp³-hybridized carbons (Fsp3) is 0.400. The molecule has 25 heavy (non-hydrogen) atoms. The third-order valence-corrected chi connectivity index (χ3v) is 16.0. The molecule has 0 N–H and O–H groups in total. The lowest BCUT2D eigenvalue weighted by atomic mass is 10.2. The Hall–Kier alpha value is -0.989. The van der Waals surface area contributed by atoms with Gasteiger partial charge in [0.05, 0.1) is 0 Å². The Morgan fingerprint density at radius 1 is 0.520 bits per heavy atom. The van der Waals surface area contributed by atoms with E-state index >= 15 is 0 Å². The zero-order chi connectivity index (χ0) is 18.9. The SMILES string of the molecule is Cc1ccc([Si](C)(C)O[Si](C)(C)O[Si](C)(C)c2ccc(C)cc2)cc1. The van der Waals surface area contributed by atoms with Crippen molar-refractivity contribution in [3.05, 3.63) is 59.7 Å². The van der Waals surface area contributed by atoms with Crippen molar-refractivity contribution >= 4 is 35.6 Å². The highest BCUT2D eigenvalue weighted by atomic mass is 28.5. The third kappa shape index (κ3) is 5.49. The van der Waals surface area contributed by atoms with E-state index in [2.05, 4.69) is 102 Å². The zero-order valence-corrected chi connectivity index (χ0v) is 19.9. The average molecular weight is 389 g/mol. The Kier molecular flexibility index (Phi) is 5.96. The van der Waals surface area contributed by atoms with Gasteiger partial charge in [-0.3, -0.25) is 0 Å². The van der Waals surface area contributed by atoms with Crippen molar-refractivity contribution in [2.45, 2.75) is 53.1 Å². The van der Waals surface area contributed by atoms with Crippen LogP contribution in [0.2, 0.25) is 39.3 Å². The number of hydrogen-bond donors (Lipinski definition) is 0. The summed E-state index contributed by atoms with van der Waals surface area (Å²) in [5, 5.41) is 2.66. The molecule has 0 saturated heterocycles. The largest absolute Gasteiger partial charge is 0.433 e. The van der Waals surface area contributed by atoms with E-state index in [1.54, 1.807) is 0 Å². The van der Waals surface area contributed by atoms with E-state index in [1.165, 1.54) is 21.5 Å². The van der Waals surface area contributed by atoms with Crippen molar-refractivity contribution in [3.8, 4) is 0 Å². The van der Waals surface area contributed by atoms with Gasteiger partial charge in [0, 0.05) is 0 Å². The summed E-state index contributed by atoms with van der Waals surface area (Å²) in [7, 11) is -6.22. The Labute approximate surface area is 156 Å². The van der Waals surface area contributed by atoms with Crippen LogP contribution in [0.1, 0.15) is 11.1 Å². The first-order valence-corrected chi connectivity index (χ1v) is 17.6. The summed E-state index contributed by atoms with van der Waals surface area (Å²) in [6.45, 7) is 17.7. The van der Waals surface area contributed by atoms with Crippen LogP contribution in [0, 0.1) is 13.8 Å². The van der Waals surface area contributed by atoms with E-state index in [0.717, 1.165) is 0 Å². The maximum absolute atomic E-state index is 6.72. The van der Waals surface area contributed by atoms with Gasteiger partial charge in [-0.15, -0.1) is 0 Å². The fourth-order valence-electron chi connectivity index (χ4n) is 3.28. The first-order valence-electron chi connectivity index (χ1n) is 8.96. The van der Waals surface area contributed by atoms with E-state index in [9.17, 15) is 0 Å². The molecule has 0 aromatic heterocycles. The van der Waals surface area contributed by atoms with Gasteiger partial charge in [-0.1, -0.05) is 59.7 Å². The number of benzene rings is 2. The van der Waals surface area contributed by atoms with Crippen LogP contribution in [-0.2, 0) is 8.23 Å². The lowest BCUT2D eigenvalue weighted by Gasteiger charge is -2.39. The Bertz CT molecular complexity index is 643. The van der Waals surface area contributed by atoms with Gasteiger partial charge in [0.25, 0.3) is 0 Å². The summed E-state index contributed by atoms with van der Waals surface area (Å²) >= 11 is 0. The zero-order valence-electron chi connectivity index (χ0n) is 16.9. The summed E-state index contributed by atoms with van der Waals surface area (Å²) in [6.07, 6.45) is 0. The molecule has 0 bridgehead atoms. The molecule has 0 atom stereocenters. The lowest BCUT2D eigenvalue weighted by Crippen LogP contribution is -2.59. The Balaban J connectivity index is 2.17. The molecular formula is C20H32O2Si3. The smallest absolute Gasteiger partial charge is 0.311 e. The van der Waals surface area contributed by atoms with Crippen molar-refractivity contribution < 1.29 is 8.23 Å².